The van der Waals surface area contributed by atoms with Gasteiger partial charge in [-0.1, -0.05) is 42.5 Å². The average molecular weight is 532 g/mol. The zero-order valence-corrected chi connectivity index (χ0v) is 22.6. The molecule has 2 heterocycles. The van der Waals surface area contributed by atoms with Gasteiger partial charge in [0.05, 0.1) is 5.57 Å². The molecule has 2 aliphatic rings. The highest BCUT2D eigenvalue weighted by Crippen LogP contribution is 2.39. The first-order valence-electron chi connectivity index (χ1n) is 13.6. The Morgan fingerprint density at radius 2 is 1.64 bits per heavy atom. The third-order valence-electron chi connectivity index (χ3n) is 7.84. The maximum Gasteiger partial charge on any atom is 0.334 e. The number of unbranched alkanes of at least 4 members (excludes halogenated alkanes) is 1. The highest BCUT2D eigenvalue weighted by Gasteiger charge is 2.41. The van der Waals surface area contributed by atoms with E-state index in [0.29, 0.717) is 35.0 Å². The van der Waals surface area contributed by atoms with Crippen LogP contribution in [0, 0.1) is 5.92 Å². The number of anilines is 1. The molecule has 2 unspecified atom stereocenters. The SMILES string of the molecule is CC1=NC(C)=C(C(=O)O)C(c2cccc(NC(=O)CCCCN3CCC(c4ccccc4)CC3)c2)C1C(=O)O. The Morgan fingerprint density at radius 3 is 2.31 bits per heavy atom. The highest BCUT2D eigenvalue weighted by molar-refractivity contribution is 6.06. The number of benzene rings is 2. The molecule has 2 aliphatic heterocycles. The highest BCUT2D eigenvalue weighted by atomic mass is 16.4. The second-order valence-corrected chi connectivity index (χ2v) is 10.5. The summed E-state index contributed by atoms with van der Waals surface area (Å²) in [5.74, 6) is -3.81. The van der Waals surface area contributed by atoms with Gasteiger partial charge in [0.25, 0.3) is 0 Å². The molecule has 8 heteroatoms. The van der Waals surface area contributed by atoms with Crippen LogP contribution in [0.4, 0.5) is 5.69 Å². The molecule has 1 fully saturated rings. The number of carbonyl (C=O) groups excluding carboxylic acids is 1. The molecular weight excluding hydrogens is 494 g/mol. The molecule has 2 aromatic carbocycles. The van der Waals surface area contributed by atoms with Crippen LogP contribution in [0.5, 0.6) is 0 Å². The molecule has 1 saturated heterocycles. The van der Waals surface area contributed by atoms with E-state index >= 15 is 0 Å². The van der Waals surface area contributed by atoms with Gasteiger partial charge in [-0.2, -0.15) is 0 Å². The molecule has 0 saturated carbocycles. The van der Waals surface area contributed by atoms with E-state index in [9.17, 15) is 24.6 Å². The Hall–Kier alpha value is -3.78. The Labute approximate surface area is 229 Å². The van der Waals surface area contributed by atoms with Crippen molar-refractivity contribution in [3.05, 3.63) is 77.0 Å². The summed E-state index contributed by atoms with van der Waals surface area (Å²) in [4.78, 5) is 43.4. The van der Waals surface area contributed by atoms with Crippen molar-refractivity contribution in [2.75, 3.05) is 25.0 Å². The number of hydrogen-bond donors (Lipinski definition) is 3. The van der Waals surface area contributed by atoms with Crippen LogP contribution in [0.2, 0.25) is 0 Å². The van der Waals surface area contributed by atoms with Crippen molar-refractivity contribution in [1.29, 1.82) is 0 Å². The van der Waals surface area contributed by atoms with E-state index in [4.69, 9.17) is 0 Å². The molecule has 0 aromatic heterocycles. The number of likely N-dealkylation sites (tertiary alicyclic amines) is 1. The lowest BCUT2D eigenvalue weighted by molar-refractivity contribution is -0.140. The first kappa shape index (κ1) is 28.2. The van der Waals surface area contributed by atoms with E-state index in [2.05, 4.69) is 45.5 Å². The number of amides is 1. The number of rotatable bonds is 10. The van der Waals surface area contributed by atoms with Crippen LogP contribution < -0.4 is 5.32 Å². The minimum atomic E-state index is -1.20. The van der Waals surface area contributed by atoms with Gasteiger partial charge in [0, 0.05) is 29.4 Å². The Morgan fingerprint density at radius 1 is 0.949 bits per heavy atom. The summed E-state index contributed by atoms with van der Waals surface area (Å²) < 4.78 is 0. The molecule has 3 N–H and O–H groups in total. The number of carboxylic acids is 2. The number of hydrogen-bond acceptors (Lipinski definition) is 5. The Kier molecular flexibility index (Phi) is 9.30. The van der Waals surface area contributed by atoms with Crippen molar-refractivity contribution in [3.63, 3.8) is 0 Å². The van der Waals surface area contributed by atoms with E-state index in [1.165, 1.54) is 5.56 Å². The normalized spacial score (nSPS) is 20.4. The van der Waals surface area contributed by atoms with Crippen molar-refractivity contribution < 1.29 is 24.6 Å². The fourth-order valence-corrected chi connectivity index (χ4v) is 5.86. The Balaban J connectivity index is 1.29. The maximum atomic E-state index is 12.7. The summed E-state index contributed by atoms with van der Waals surface area (Å²) >= 11 is 0. The maximum absolute atomic E-state index is 12.7. The second kappa shape index (κ2) is 12.8. The topological polar surface area (TPSA) is 119 Å². The van der Waals surface area contributed by atoms with Gasteiger partial charge in [-0.05, 0) is 88.3 Å². The standard InChI is InChI=1S/C31H37N3O5/c1-20-27(30(36)37)29(28(31(38)39)21(2)32-20)24-11-8-12-25(19-24)33-26(35)13-6-7-16-34-17-14-23(15-18-34)22-9-4-3-5-10-22/h3-5,8-12,19,23,27,29H,6-7,13-18H2,1-2H3,(H,33,35)(H,36,37)(H,38,39). The predicted octanol–water partition coefficient (Wildman–Crippen LogP) is 5.29. The third-order valence-corrected chi connectivity index (χ3v) is 7.84. The summed E-state index contributed by atoms with van der Waals surface area (Å²) in [6.07, 6.45) is 4.42. The number of carbonyl (C=O) groups is 3. The van der Waals surface area contributed by atoms with Crippen molar-refractivity contribution in [3.8, 4) is 0 Å². The molecule has 8 nitrogen and oxygen atoms in total. The smallest absolute Gasteiger partial charge is 0.334 e. The fraction of sp³-hybridized carbons (Fsp3) is 0.419. The minimum Gasteiger partial charge on any atom is -0.481 e. The lowest BCUT2D eigenvalue weighted by Crippen LogP contribution is -2.34. The van der Waals surface area contributed by atoms with Crippen LogP contribution in [0.25, 0.3) is 0 Å². The Bertz CT molecular complexity index is 1260. The summed E-state index contributed by atoms with van der Waals surface area (Å²) in [6, 6.07) is 17.5. The first-order valence-corrected chi connectivity index (χ1v) is 13.6. The zero-order valence-electron chi connectivity index (χ0n) is 22.6. The van der Waals surface area contributed by atoms with Crippen LogP contribution >= 0.6 is 0 Å². The number of aliphatic carboxylic acids is 2. The molecule has 0 radical (unpaired) electrons. The summed E-state index contributed by atoms with van der Waals surface area (Å²) in [5.41, 5.74) is 3.07. The molecule has 0 aliphatic carbocycles. The lowest BCUT2D eigenvalue weighted by Gasteiger charge is -2.32. The monoisotopic (exact) mass is 531 g/mol. The zero-order chi connectivity index (χ0) is 27.9. The van der Waals surface area contributed by atoms with Gasteiger partial charge in [0.2, 0.25) is 5.91 Å². The van der Waals surface area contributed by atoms with E-state index < -0.39 is 23.8 Å². The number of carboxylic acid groups (broad SMARTS) is 2. The third kappa shape index (κ3) is 7.00. The van der Waals surface area contributed by atoms with Crippen molar-refractivity contribution in [2.45, 2.75) is 57.8 Å². The van der Waals surface area contributed by atoms with Crippen molar-refractivity contribution in [2.24, 2.45) is 10.9 Å². The number of aliphatic imine (C=N–C) groups is 1. The van der Waals surface area contributed by atoms with Crippen LogP contribution in [-0.4, -0.2) is 58.3 Å². The summed E-state index contributed by atoms with van der Waals surface area (Å²) in [5, 5.41) is 22.6. The molecule has 0 bridgehead atoms. The summed E-state index contributed by atoms with van der Waals surface area (Å²) in [7, 11) is 0. The average Bonchev–Trinajstić information content (AvgIpc) is 2.91. The van der Waals surface area contributed by atoms with Gasteiger partial charge in [-0.15, -0.1) is 0 Å². The number of nitrogens with zero attached hydrogens (tertiary/aromatic N) is 2. The van der Waals surface area contributed by atoms with Gasteiger partial charge in [-0.25, -0.2) is 4.79 Å². The van der Waals surface area contributed by atoms with Crippen LogP contribution in [0.3, 0.4) is 0 Å². The van der Waals surface area contributed by atoms with Crippen molar-refractivity contribution >= 4 is 29.2 Å². The van der Waals surface area contributed by atoms with Gasteiger partial charge < -0.3 is 20.4 Å². The van der Waals surface area contributed by atoms with E-state index in [0.717, 1.165) is 45.3 Å². The van der Waals surface area contributed by atoms with Crippen LogP contribution in [0.1, 0.15) is 68.9 Å². The van der Waals surface area contributed by atoms with Crippen molar-refractivity contribution in [1.82, 2.24) is 4.90 Å². The van der Waals surface area contributed by atoms with Gasteiger partial charge in [-0.3, -0.25) is 14.6 Å². The largest absolute Gasteiger partial charge is 0.481 e. The molecule has 39 heavy (non-hydrogen) atoms. The van der Waals surface area contributed by atoms with E-state index in [-0.39, 0.29) is 11.5 Å². The van der Waals surface area contributed by atoms with Crippen LogP contribution in [-0.2, 0) is 14.4 Å². The molecule has 1 amide bonds. The fourth-order valence-electron chi connectivity index (χ4n) is 5.86. The lowest BCUT2D eigenvalue weighted by atomic mass is 9.75. The molecule has 0 spiro atoms. The molecule has 4 rings (SSSR count). The molecule has 2 atom stereocenters. The quantitative estimate of drug-likeness (QED) is 0.358. The van der Waals surface area contributed by atoms with E-state index in [1.54, 1.807) is 38.1 Å². The van der Waals surface area contributed by atoms with Crippen LogP contribution in [0.15, 0.2) is 70.9 Å². The predicted molar refractivity (Wildman–Crippen MR) is 151 cm³/mol. The van der Waals surface area contributed by atoms with E-state index in [1.807, 2.05) is 0 Å². The first-order chi connectivity index (χ1) is 18.7. The molecular formula is C31H37N3O5. The van der Waals surface area contributed by atoms with Gasteiger partial charge in [0.1, 0.15) is 5.92 Å². The van der Waals surface area contributed by atoms with Gasteiger partial charge >= 0.3 is 11.9 Å². The van der Waals surface area contributed by atoms with Gasteiger partial charge in [0.15, 0.2) is 0 Å². The second-order valence-electron chi connectivity index (χ2n) is 10.5. The number of nitrogens with one attached hydrogen (secondary N) is 1. The minimum absolute atomic E-state index is 0.0377. The summed E-state index contributed by atoms with van der Waals surface area (Å²) in [6.45, 7) is 6.31. The molecule has 206 valence electrons. The molecule has 2 aromatic rings. The number of allylic oxidation sites excluding steroid dienone is 1. The number of piperidine rings is 1.